The number of nitrogens with zero attached hydrogens (tertiary/aromatic N) is 6. The van der Waals surface area contributed by atoms with Crippen LogP contribution in [-0.4, -0.2) is 69.5 Å². The van der Waals surface area contributed by atoms with E-state index >= 15 is 0 Å². The normalized spacial score (nSPS) is 23.8. The summed E-state index contributed by atoms with van der Waals surface area (Å²) in [4.78, 5) is 25.6. The lowest BCUT2D eigenvalue weighted by Gasteiger charge is -2.43. The summed E-state index contributed by atoms with van der Waals surface area (Å²) < 4.78 is 1.29. The van der Waals surface area contributed by atoms with Gasteiger partial charge in [0.2, 0.25) is 5.91 Å². The number of hydrogen-bond acceptors (Lipinski definition) is 9. The highest BCUT2D eigenvalue weighted by molar-refractivity contribution is 8.06. The van der Waals surface area contributed by atoms with Gasteiger partial charge in [-0.2, -0.15) is 0 Å². The minimum atomic E-state index is -1.15. The zero-order valence-electron chi connectivity index (χ0n) is 12.8. The van der Waals surface area contributed by atoms with E-state index in [1.54, 1.807) is 19.1 Å². The van der Waals surface area contributed by atoms with Crippen LogP contribution >= 0.6 is 23.5 Å². The van der Waals surface area contributed by atoms with Crippen LogP contribution in [0.25, 0.3) is 5.65 Å². The molecule has 10 nitrogen and oxygen atoms in total. The molecule has 0 bridgehead atoms. The fourth-order valence-electron chi connectivity index (χ4n) is 2.80. The van der Waals surface area contributed by atoms with Crippen LogP contribution in [0.5, 0.6) is 0 Å². The van der Waals surface area contributed by atoms with Gasteiger partial charge in [-0.05, 0) is 29.5 Å². The average Bonchev–Trinajstić information content (AvgIpc) is 3.14. The van der Waals surface area contributed by atoms with E-state index in [1.165, 1.54) is 33.1 Å². The lowest BCUT2D eigenvalue weighted by Crippen LogP contribution is -2.60. The summed E-state index contributed by atoms with van der Waals surface area (Å²) in [6.45, 7) is 1.54. The number of aliphatic carboxylic acids is 1. The summed E-state index contributed by atoms with van der Waals surface area (Å²) in [7, 11) is 0. The Morgan fingerprint density at radius 2 is 2.28 bits per heavy atom. The van der Waals surface area contributed by atoms with Crippen molar-refractivity contribution >= 4 is 41.0 Å². The zero-order valence-corrected chi connectivity index (χ0v) is 14.4. The summed E-state index contributed by atoms with van der Waals surface area (Å²) in [5.74, 6) is -1.72. The molecule has 25 heavy (non-hydrogen) atoms. The molecule has 2 aliphatic heterocycles. The molecule has 1 fully saturated rings. The Morgan fingerprint density at radius 1 is 1.48 bits per heavy atom. The van der Waals surface area contributed by atoms with E-state index < -0.39 is 18.0 Å². The smallest absolute Gasteiger partial charge is 0.353 e. The van der Waals surface area contributed by atoms with Crippen LogP contribution < -0.4 is 0 Å². The monoisotopic (exact) mass is 380 g/mol. The number of tetrazole rings is 1. The number of carbonyl (C=O) groups excluding carboxylic acids is 1. The number of fused-ring (bicyclic) bond motifs is 2. The lowest BCUT2D eigenvalue weighted by molar-refractivity contribution is -0.156. The third-order valence-electron chi connectivity index (χ3n) is 3.97. The minimum Gasteiger partial charge on any atom is -0.477 e. The molecule has 3 atom stereocenters. The van der Waals surface area contributed by atoms with Gasteiger partial charge in [0.1, 0.15) is 16.1 Å². The molecule has 2 aromatic heterocycles. The number of carboxylic acids is 1. The predicted octanol–water partition coefficient (Wildman–Crippen LogP) is -0.180. The Kier molecular flexibility index (Phi) is 3.89. The fraction of sp³-hybridized carbons (Fsp3) is 0.385. The molecule has 2 N–H and O–H groups in total. The first-order valence-corrected chi connectivity index (χ1v) is 9.16. The van der Waals surface area contributed by atoms with Crippen molar-refractivity contribution in [2.75, 3.05) is 5.75 Å². The Labute approximate surface area is 149 Å². The maximum Gasteiger partial charge on any atom is 0.353 e. The van der Waals surface area contributed by atoms with E-state index in [-0.39, 0.29) is 17.0 Å². The van der Waals surface area contributed by atoms with Crippen LogP contribution in [-0.2, 0) is 9.59 Å². The molecule has 2 aromatic rings. The standard InChI is InChI=1S/C13H12N6O4S2/c1-5(20)9-11(21)18-10(13(22)23)6(25-12(9)18)4-24-8-3-2-7-14-16-17-19(7)15-8/h2-3,5,9,12,20H,4H2,1H3,(H,22,23)/t5?,9-,12+/m0/s1. The van der Waals surface area contributed by atoms with Gasteiger partial charge in [0.15, 0.2) is 5.65 Å². The molecular weight excluding hydrogens is 368 g/mol. The van der Waals surface area contributed by atoms with E-state index in [1.807, 2.05) is 0 Å². The second kappa shape index (κ2) is 5.97. The zero-order chi connectivity index (χ0) is 17.7. The van der Waals surface area contributed by atoms with Crippen molar-refractivity contribution in [3.8, 4) is 0 Å². The number of carbonyl (C=O) groups is 2. The van der Waals surface area contributed by atoms with Crippen molar-refractivity contribution in [3.05, 3.63) is 22.7 Å². The van der Waals surface area contributed by atoms with Gasteiger partial charge in [-0.1, -0.05) is 11.8 Å². The van der Waals surface area contributed by atoms with Crippen LogP contribution in [0.15, 0.2) is 27.8 Å². The molecule has 0 radical (unpaired) electrons. The maximum atomic E-state index is 12.1. The topological polar surface area (TPSA) is 134 Å². The largest absolute Gasteiger partial charge is 0.477 e. The average molecular weight is 380 g/mol. The molecule has 1 saturated heterocycles. The second-order valence-electron chi connectivity index (χ2n) is 5.55. The first kappa shape index (κ1) is 16.3. The Hall–Kier alpha value is -2.18. The molecule has 2 aliphatic rings. The molecule has 4 heterocycles. The molecule has 0 saturated carbocycles. The number of thioether (sulfide) groups is 2. The van der Waals surface area contributed by atoms with Gasteiger partial charge in [-0.3, -0.25) is 9.69 Å². The van der Waals surface area contributed by atoms with Crippen molar-refractivity contribution in [2.45, 2.75) is 23.4 Å². The van der Waals surface area contributed by atoms with Crippen LogP contribution in [0.1, 0.15) is 6.92 Å². The number of aliphatic hydroxyl groups excluding tert-OH is 1. The predicted molar refractivity (Wildman–Crippen MR) is 87.4 cm³/mol. The molecule has 12 heteroatoms. The second-order valence-corrected chi connectivity index (χ2v) is 7.75. The Balaban J connectivity index is 1.55. The Bertz CT molecular complexity index is 913. The highest BCUT2D eigenvalue weighted by atomic mass is 32.2. The molecule has 130 valence electrons. The number of hydrogen-bond donors (Lipinski definition) is 2. The third-order valence-corrected chi connectivity index (χ3v) is 6.47. The van der Waals surface area contributed by atoms with Gasteiger partial charge < -0.3 is 10.2 Å². The molecule has 0 spiro atoms. The third kappa shape index (κ3) is 2.56. The van der Waals surface area contributed by atoms with Crippen molar-refractivity contribution in [1.29, 1.82) is 0 Å². The molecular formula is C13H12N6O4S2. The van der Waals surface area contributed by atoms with Crippen LogP contribution in [0.4, 0.5) is 0 Å². The van der Waals surface area contributed by atoms with Crippen molar-refractivity contribution in [1.82, 2.24) is 30.2 Å². The molecule has 0 aromatic carbocycles. The summed E-state index contributed by atoms with van der Waals surface area (Å²) in [6.07, 6.45) is -0.813. The van der Waals surface area contributed by atoms with Crippen LogP contribution in [0, 0.1) is 5.92 Å². The molecule has 1 unspecified atom stereocenters. The number of β-lactam (4-membered cyclic amide) rings is 1. The molecule has 1 amide bonds. The van der Waals surface area contributed by atoms with E-state index in [9.17, 15) is 19.8 Å². The molecule has 4 rings (SSSR count). The highest BCUT2D eigenvalue weighted by Crippen LogP contribution is 2.51. The number of rotatable bonds is 5. The maximum absolute atomic E-state index is 12.1. The number of aliphatic hydroxyl groups is 1. The van der Waals surface area contributed by atoms with Gasteiger partial charge in [0.25, 0.3) is 0 Å². The van der Waals surface area contributed by atoms with Crippen LogP contribution in [0.2, 0.25) is 0 Å². The van der Waals surface area contributed by atoms with Crippen LogP contribution in [0.3, 0.4) is 0 Å². The Morgan fingerprint density at radius 3 is 3.00 bits per heavy atom. The SMILES string of the molecule is CC(O)[C@H]1C(=O)N2C(C(=O)O)=C(CSc3ccc4nnnn4n3)S[C@H]12. The molecule has 0 aliphatic carbocycles. The van der Waals surface area contributed by atoms with Gasteiger partial charge in [0.05, 0.1) is 12.0 Å². The van der Waals surface area contributed by atoms with Crippen molar-refractivity contribution in [2.24, 2.45) is 5.92 Å². The minimum absolute atomic E-state index is 0.00657. The first-order chi connectivity index (χ1) is 12.0. The van der Waals surface area contributed by atoms with Crippen molar-refractivity contribution in [3.63, 3.8) is 0 Å². The van der Waals surface area contributed by atoms with Gasteiger partial charge in [-0.25, -0.2) is 4.79 Å². The van der Waals surface area contributed by atoms with Gasteiger partial charge >= 0.3 is 5.97 Å². The number of aromatic nitrogens is 5. The lowest BCUT2D eigenvalue weighted by atomic mass is 9.92. The first-order valence-electron chi connectivity index (χ1n) is 7.30. The van der Waals surface area contributed by atoms with Crippen molar-refractivity contribution < 1.29 is 19.8 Å². The number of carboxylic acid groups (broad SMARTS) is 1. The summed E-state index contributed by atoms with van der Waals surface area (Å²) in [6, 6.07) is 3.46. The summed E-state index contributed by atoms with van der Waals surface area (Å²) >= 11 is 2.64. The van der Waals surface area contributed by atoms with E-state index in [0.717, 1.165) is 0 Å². The quantitative estimate of drug-likeness (QED) is 0.531. The van der Waals surface area contributed by atoms with E-state index in [0.29, 0.717) is 21.3 Å². The summed E-state index contributed by atoms with van der Waals surface area (Å²) in [5.41, 5.74) is 0.507. The summed E-state index contributed by atoms with van der Waals surface area (Å²) in [5, 5.41) is 34.7. The van der Waals surface area contributed by atoms with E-state index in [2.05, 4.69) is 20.6 Å². The number of amides is 1. The van der Waals surface area contributed by atoms with Gasteiger partial charge in [-0.15, -0.1) is 26.6 Å². The highest BCUT2D eigenvalue weighted by Gasteiger charge is 2.57. The van der Waals surface area contributed by atoms with E-state index in [4.69, 9.17) is 0 Å². The van der Waals surface area contributed by atoms with Gasteiger partial charge in [0, 0.05) is 10.7 Å². The fourth-order valence-corrected chi connectivity index (χ4v) is 5.36.